The van der Waals surface area contributed by atoms with Crippen molar-refractivity contribution in [3.8, 4) is 0 Å². The number of nitrogens with two attached hydrogens (primary N) is 1. The molecule has 0 aromatic heterocycles. The van der Waals surface area contributed by atoms with Crippen LogP contribution in [0, 0.1) is 29.6 Å². The average molecular weight is 1350 g/mol. The first-order chi connectivity index (χ1) is 41.4. The summed E-state index contributed by atoms with van der Waals surface area (Å²) in [7, 11) is 6.03. The number of hydrogen-bond donors (Lipinski definition) is 8. The fraction of sp³-hybridized carbons (Fsp3) is 0.651. The van der Waals surface area contributed by atoms with E-state index >= 15 is 0 Å². The minimum Gasteiger partial charge on any atom is -0.445 e. The van der Waals surface area contributed by atoms with Crippen molar-refractivity contribution < 1.29 is 67.3 Å². The van der Waals surface area contributed by atoms with Crippen LogP contribution in [0.25, 0.3) is 0 Å². The Hall–Kier alpha value is -6.45. The van der Waals surface area contributed by atoms with E-state index in [0.717, 1.165) is 0 Å². The molecule has 88 heavy (non-hydrogen) atoms. The molecule has 11 atom stereocenters. The Morgan fingerprint density at radius 3 is 1.83 bits per heavy atom. The van der Waals surface area contributed by atoms with Crippen LogP contribution in [-0.4, -0.2) is 173 Å². The third-order valence-corrected chi connectivity index (χ3v) is 16.2. The van der Waals surface area contributed by atoms with Gasteiger partial charge in [0.15, 0.2) is 3.79 Å². The number of hydrogen-bond acceptors (Lipinski definition) is 14. The van der Waals surface area contributed by atoms with Gasteiger partial charge in [-0.1, -0.05) is 118 Å². The number of ether oxygens (including phenoxy) is 3. The van der Waals surface area contributed by atoms with E-state index in [2.05, 4.69) is 31.9 Å². The predicted octanol–water partition coefficient (Wildman–Crippen LogP) is 5.97. The molecule has 24 nitrogen and oxygen atoms in total. The Kier molecular flexibility index (Phi) is 34.9. The second kappa shape index (κ2) is 39.5. The summed E-state index contributed by atoms with van der Waals surface area (Å²) in [5, 5.41) is 27.4. The molecule has 1 unspecified atom stereocenters. The van der Waals surface area contributed by atoms with Crippen LogP contribution in [0.1, 0.15) is 145 Å². The minimum atomic E-state index is -1.09. The maximum Gasteiger partial charge on any atom is 0.410 e. The zero-order valence-corrected chi connectivity index (χ0v) is 56.5. The van der Waals surface area contributed by atoms with Gasteiger partial charge in [-0.25, -0.2) is 9.59 Å². The van der Waals surface area contributed by atoms with Gasteiger partial charge in [0.1, 0.15) is 30.8 Å². The first-order valence-electron chi connectivity index (χ1n) is 30.5. The fourth-order valence-electron chi connectivity index (χ4n) is 10.2. The van der Waals surface area contributed by atoms with Crippen molar-refractivity contribution in [2.24, 2.45) is 35.3 Å². The Balaban J connectivity index is 2.22. The van der Waals surface area contributed by atoms with Gasteiger partial charge >= 0.3 is 12.1 Å². The zero-order valence-electron chi connectivity index (χ0n) is 54.3. The molecule has 0 heterocycles. The van der Waals surface area contributed by atoms with Gasteiger partial charge in [-0.2, -0.15) is 0 Å². The van der Waals surface area contributed by atoms with Crippen LogP contribution in [0.15, 0.2) is 54.6 Å². The lowest BCUT2D eigenvalue weighted by Crippen LogP contribution is -2.60. The highest BCUT2D eigenvalue weighted by Crippen LogP contribution is 2.26. The SMILES string of the molecule is CCCN(C[C@H](OC)[C@@H](C)C(=O)N[C@H](C)[C@@H](O)c1ccccc1)C(=O)C[C@@H](OC)[C@H]([C@@H](C)CC)N(C)C(=O)C(NC(=O)[C@H](C(C)C)N(C)C(=O)OCc1ccc(NC(=O)[C@H](CCCNC(N)=O)NC(=O)[C@@H](NC(=O)CCCC(=O)I)C(C)C)cc1)C(C)C. The molecule has 0 aliphatic carbocycles. The van der Waals surface area contributed by atoms with E-state index in [0.29, 0.717) is 42.6 Å². The van der Waals surface area contributed by atoms with Gasteiger partial charge in [-0.15, -0.1) is 0 Å². The molecule has 0 aliphatic rings. The number of nitrogens with zero attached hydrogens (tertiary/aromatic N) is 3. The van der Waals surface area contributed by atoms with Crippen molar-refractivity contribution in [1.29, 1.82) is 0 Å². The summed E-state index contributed by atoms with van der Waals surface area (Å²) in [6.07, 6.45) is -1.21. The molecule has 494 valence electrons. The van der Waals surface area contributed by atoms with Crippen LogP contribution in [0.5, 0.6) is 0 Å². The number of carbonyl (C=O) groups excluding carboxylic acids is 10. The van der Waals surface area contributed by atoms with Gasteiger partial charge in [0, 0.05) is 66.5 Å². The minimum absolute atomic E-state index is 0.0381. The smallest absolute Gasteiger partial charge is 0.410 e. The predicted molar refractivity (Wildman–Crippen MR) is 344 cm³/mol. The lowest BCUT2D eigenvalue weighted by molar-refractivity contribution is -0.147. The first-order valence-corrected chi connectivity index (χ1v) is 31.6. The highest BCUT2D eigenvalue weighted by molar-refractivity contribution is 14.1. The number of nitrogens with one attached hydrogen (secondary N) is 6. The maximum atomic E-state index is 14.8. The number of likely N-dealkylation sites (N-methyl/N-ethyl adjacent to an activating group) is 2. The summed E-state index contributed by atoms with van der Waals surface area (Å²) in [5.41, 5.74) is 6.75. The Labute approximate surface area is 534 Å². The van der Waals surface area contributed by atoms with E-state index < -0.39 is 114 Å². The summed E-state index contributed by atoms with van der Waals surface area (Å²) in [4.78, 5) is 138. The van der Waals surface area contributed by atoms with Crippen molar-refractivity contribution in [3.63, 3.8) is 0 Å². The number of halogens is 1. The van der Waals surface area contributed by atoms with Crippen molar-refractivity contribution in [1.82, 2.24) is 41.3 Å². The van der Waals surface area contributed by atoms with Gasteiger partial charge in [0.2, 0.25) is 41.4 Å². The third-order valence-electron chi connectivity index (χ3n) is 15.7. The molecule has 10 amide bonds. The number of carbonyl (C=O) groups is 10. The summed E-state index contributed by atoms with van der Waals surface area (Å²) in [6.45, 7) is 20.3. The molecule has 0 fully saturated rings. The van der Waals surface area contributed by atoms with E-state index in [1.165, 1.54) is 31.1 Å². The van der Waals surface area contributed by atoms with Gasteiger partial charge in [-0.3, -0.25) is 43.3 Å². The monoisotopic (exact) mass is 1350 g/mol. The molecule has 0 aliphatic heterocycles. The molecular formula is C63H101IN10O14. The van der Waals surface area contributed by atoms with Crippen molar-refractivity contribution in [2.45, 2.75) is 189 Å². The number of benzene rings is 2. The normalized spacial score (nSPS) is 15.1. The largest absolute Gasteiger partial charge is 0.445 e. The number of rotatable bonds is 39. The molecule has 2 aromatic carbocycles. The van der Waals surface area contributed by atoms with Gasteiger partial charge in [0.25, 0.3) is 0 Å². The Morgan fingerprint density at radius 1 is 0.682 bits per heavy atom. The topological polar surface area (TPSA) is 327 Å². The number of anilines is 1. The Bertz CT molecular complexity index is 2560. The average Bonchev–Trinajstić information content (AvgIpc) is 1.28. The van der Waals surface area contributed by atoms with E-state index in [9.17, 15) is 53.1 Å². The number of aliphatic hydroxyl groups excluding tert-OH is 1. The van der Waals surface area contributed by atoms with E-state index in [1.54, 1.807) is 126 Å². The highest BCUT2D eigenvalue weighted by atomic mass is 127. The third kappa shape index (κ3) is 25.6. The van der Waals surface area contributed by atoms with Crippen LogP contribution >= 0.6 is 22.6 Å². The van der Waals surface area contributed by atoms with Crippen molar-refractivity contribution in [3.05, 3.63) is 65.7 Å². The van der Waals surface area contributed by atoms with Crippen LogP contribution in [0.2, 0.25) is 0 Å². The molecular weight excluding hydrogens is 1250 g/mol. The van der Waals surface area contributed by atoms with Gasteiger partial charge < -0.3 is 66.8 Å². The number of amides is 10. The Morgan fingerprint density at radius 2 is 1.30 bits per heavy atom. The quantitative estimate of drug-likeness (QED) is 0.0217. The zero-order chi connectivity index (χ0) is 66.5. The molecule has 0 bridgehead atoms. The summed E-state index contributed by atoms with van der Waals surface area (Å²) in [5.74, 6) is -5.34. The molecule has 0 radical (unpaired) electrons. The van der Waals surface area contributed by atoms with Crippen LogP contribution in [-0.2, 0) is 59.2 Å². The number of methoxy groups -OCH3 is 2. The standard InChI is InChI=1S/C63H101IN10O14/c1-16-33-74(35-48(87-15)41(10)57(79)67-42(11)56(78)44-23-19-18-20-24-44)51(77)34-47(86-14)55(40(9)17-2)72(12)61(83)53(38(5)6)71-60(82)54(39(7)8)73(13)63(85)88-36-43-28-30-45(31-29-43)68-58(80)46(25-22-32-66-62(65)84)69-59(81)52(37(3)4)70-50(76)27-21-26-49(64)75/h18-20,23-24,28-31,37-42,46-48,52-56,78H,16-17,21-22,25-27,32-36H2,1-15H3,(H,67,79)(H,68,80)(H,69,81)(H,70,76)(H,71,82)(H3,65,66,84)/t40-,41+,42+,46-,47+,48-,52-,53?,54-,55-,56+/m0/s1. The fourth-order valence-corrected chi connectivity index (χ4v) is 10.6. The molecule has 0 saturated carbocycles. The number of primary amides is 1. The molecule has 25 heteroatoms. The number of urea groups is 1. The first kappa shape index (κ1) is 77.6. The molecule has 2 aromatic rings. The van der Waals surface area contributed by atoms with Crippen molar-refractivity contribution in [2.75, 3.05) is 53.3 Å². The van der Waals surface area contributed by atoms with Crippen LogP contribution in [0.4, 0.5) is 15.3 Å². The maximum absolute atomic E-state index is 14.8. The van der Waals surface area contributed by atoms with Crippen LogP contribution in [0.3, 0.4) is 0 Å². The highest BCUT2D eigenvalue weighted by Gasteiger charge is 2.41. The number of aliphatic hydroxyl groups is 1. The van der Waals surface area contributed by atoms with E-state index in [1.807, 2.05) is 39.0 Å². The van der Waals surface area contributed by atoms with Gasteiger partial charge in [0.05, 0.1) is 42.7 Å². The lowest BCUT2D eigenvalue weighted by atomic mass is 9.89. The van der Waals surface area contributed by atoms with Crippen molar-refractivity contribution >= 4 is 85.5 Å². The molecule has 0 spiro atoms. The second-order valence-electron chi connectivity index (χ2n) is 23.6. The lowest BCUT2D eigenvalue weighted by Gasteiger charge is -2.41. The van der Waals surface area contributed by atoms with E-state index in [-0.39, 0.29) is 79.2 Å². The van der Waals surface area contributed by atoms with Crippen LogP contribution < -0.4 is 37.6 Å². The van der Waals surface area contributed by atoms with E-state index in [4.69, 9.17) is 19.9 Å². The summed E-state index contributed by atoms with van der Waals surface area (Å²) in [6, 6.07) is 9.20. The summed E-state index contributed by atoms with van der Waals surface area (Å²) >= 11 is 1.66. The second-order valence-corrected chi connectivity index (χ2v) is 24.8. The molecule has 0 saturated heterocycles. The van der Waals surface area contributed by atoms with Gasteiger partial charge in [-0.05, 0) is 102 Å². The molecule has 2 rings (SSSR count). The summed E-state index contributed by atoms with van der Waals surface area (Å²) < 4.78 is 17.5. The molecule has 9 N–H and O–H groups in total.